The SMILES string of the molecule is Cc1cc(SC(C)C(=O)Nc2ccc(S(=O)(=O)N3CCCC3)cc2)nc2c(C)cccc12. The number of sulfonamides is 1. The normalized spacial score (nSPS) is 15.7. The Labute approximate surface area is 193 Å². The molecule has 1 aromatic heterocycles. The Morgan fingerprint density at radius 1 is 1.06 bits per heavy atom. The summed E-state index contributed by atoms with van der Waals surface area (Å²) in [6.07, 6.45) is 1.79. The van der Waals surface area contributed by atoms with E-state index in [0.29, 0.717) is 18.8 Å². The molecular weight excluding hydrogens is 442 g/mol. The van der Waals surface area contributed by atoms with Gasteiger partial charge in [0.1, 0.15) is 0 Å². The van der Waals surface area contributed by atoms with E-state index in [0.717, 1.165) is 39.9 Å². The lowest BCUT2D eigenvalue weighted by molar-refractivity contribution is -0.115. The molecule has 1 aliphatic heterocycles. The number of nitrogens with zero attached hydrogens (tertiary/aromatic N) is 2. The molecule has 6 nitrogen and oxygen atoms in total. The number of para-hydroxylation sites is 1. The first-order valence-corrected chi connectivity index (χ1v) is 13.0. The molecule has 2 heterocycles. The molecule has 1 N–H and O–H groups in total. The molecule has 1 unspecified atom stereocenters. The minimum absolute atomic E-state index is 0.158. The third-order valence-corrected chi connectivity index (χ3v) is 8.65. The number of aryl methyl sites for hydroxylation is 2. The fourth-order valence-corrected chi connectivity index (χ4v) is 6.29. The van der Waals surface area contributed by atoms with Crippen LogP contribution in [0.4, 0.5) is 5.69 Å². The fourth-order valence-electron chi connectivity index (χ4n) is 3.86. The van der Waals surface area contributed by atoms with Crippen molar-refractivity contribution in [2.45, 2.75) is 48.8 Å². The van der Waals surface area contributed by atoms with Gasteiger partial charge in [0, 0.05) is 24.2 Å². The van der Waals surface area contributed by atoms with E-state index in [9.17, 15) is 13.2 Å². The van der Waals surface area contributed by atoms with Crippen LogP contribution in [0.2, 0.25) is 0 Å². The van der Waals surface area contributed by atoms with Crippen LogP contribution >= 0.6 is 11.8 Å². The van der Waals surface area contributed by atoms with Gasteiger partial charge in [-0.05, 0) is 75.1 Å². The van der Waals surface area contributed by atoms with Crippen molar-refractivity contribution in [3.8, 4) is 0 Å². The Hall–Kier alpha value is -2.42. The van der Waals surface area contributed by atoms with Crippen molar-refractivity contribution in [2.75, 3.05) is 18.4 Å². The first kappa shape index (κ1) is 22.8. The molecule has 168 valence electrons. The van der Waals surface area contributed by atoms with Gasteiger partial charge in [-0.3, -0.25) is 4.79 Å². The summed E-state index contributed by atoms with van der Waals surface area (Å²) >= 11 is 1.41. The van der Waals surface area contributed by atoms with Crippen LogP contribution in [0.5, 0.6) is 0 Å². The van der Waals surface area contributed by atoms with Crippen LogP contribution in [0, 0.1) is 13.8 Å². The average Bonchev–Trinajstić information content (AvgIpc) is 3.31. The number of pyridine rings is 1. The van der Waals surface area contributed by atoms with Crippen molar-refractivity contribution in [2.24, 2.45) is 0 Å². The largest absolute Gasteiger partial charge is 0.325 e. The van der Waals surface area contributed by atoms with Crippen molar-refractivity contribution >= 4 is 44.3 Å². The summed E-state index contributed by atoms with van der Waals surface area (Å²) in [4.78, 5) is 17.7. The summed E-state index contributed by atoms with van der Waals surface area (Å²) < 4.78 is 26.8. The molecule has 3 aromatic rings. The minimum atomic E-state index is -3.46. The van der Waals surface area contributed by atoms with E-state index >= 15 is 0 Å². The van der Waals surface area contributed by atoms with Crippen molar-refractivity contribution in [3.63, 3.8) is 0 Å². The highest BCUT2D eigenvalue weighted by Gasteiger charge is 2.27. The Kier molecular flexibility index (Phi) is 6.55. The van der Waals surface area contributed by atoms with E-state index in [2.05, 4.69) is 18.3 Å². The molecule has 32 heavy (non-hydrogen) atoms. The minimum Gasteiger partial charge on any atom is -0.325 e. The summed E-state index contributed by atoms with van der Waals surface area (Å²) in [7, 11) is -3.46. The molecule has 4 rings (SSSR count). The van der Waals surface area contributed by atoms with Gasteiger partial charge in [0.2, 0.25) is 15.9 Å². The van der Waals surface area contributed by atoms with Gasteiger partial charge in [-0.1, -0.05) is 30.0 Å². The maximum absolute atomic E-state index is 12.7. The summed E-state index contributed by atoms with van der Waals surface area (Å²) in [5.41, 5.74) is 3.76. The molecule has 1 saturated heterocycles. The van der Waals surface area contributed by atoms with E-state index < -0.39 is 10.0 Å². The zero-order valence-corrected chi connectivity index (χ0v) is 20.1. The molecule has 8 heteroatoms. The number of amides is 1. The number of hydrogen-bond acceptors (Lipinski definition) is 5. The predicted octanol–water partition coefficient (Wildman–Crippen LogP) is 4.76. The lowest BCUT2D eigenvalue weighted by Crippen LogP contribution is -2.27. The number of benzene rings is 2. The van der Waals surface area contributed by atoms with Crippen molar-refractivity contribution in [1.29, 1.82) is 0 Å². The second-order valence-electron chi connectivity index (χ2n) is 8.13. The molecule has 1 amide bonds. The second-order valence-corrected chi connectivity index (χ2v) is 11.4. The van der Waals surface area contributed by atoms with Crippen LogP contribution in [0.1, 0.15) is 30.9 Å². The van der Waals surface area contributed by atoms with Crippen LogP contribution in [0.25, 0.3) is 10.9 Å². The van der Waals surface area contributed by atoms with E-state index in [1.165, 1.54) is 16.1 Å². The highest BCUT2D eigenvalue weighted by atomic mass is 32.2. The first-order chi connectivity index (χ1) is 15.3. The Morgan fingerprint density at radius 3 is 2.44 bits per heavy atom. The molecule has 0 bridgehead atoms. The van der Waals surface area contributed by atoms with Crippen LogP contribution < -0.4 is 5.32 Å². The number of thioether (sulfide) groups is 1. The summed E-state index contributed by atoms with van der Waals surface area (Å²) in [6, 6.07) is 14.5. The Balaban J connectivity index is 1.44. The van der Waals surface area contributed by atoms with Gasteiger partial charge >= 0.3 is 0 Å². The molecule has 1 atom stereocenters. The summed E-state index contributed by atoms with van der Waals surface area (Å²) in [6.45, 7) is 7.06. The number of fused-ring (bicyclic) bond motifs is 1. The van der Waals surface area contributed by atoms with E-state index in [1.54, 1.807) is 24.3 Å². The lowest BCUT2D eigenvalue weighted by Gasteiger charge is -2.16. The topological polar surface area (TPSA) is 79.4 Å². The molecule has 0 spiro atoms. The number of anilines is 1. The molecule has 0 saturated carbocycles. The van der Waals surface area contributed by atoms with Crippen molar-refractivity contribution in [1.82, 2.24) is 9.29 Å². The van der Waals surface area contributed by atoms with E-state index in [1.807, 2.05) is 32.0 Å². The Morgan fingerprint density at radius 2 is 1.75 bits per heavy atom. The van der Waals surface area contributed by atoms with Gasteiger partial charge in [0.25, 0.3) is 0 Å². The fraction of sp³-hybridized carbons (Fsp3) is 0.333. The van der Waals surface area contributed by atoms with Crippen LogP contribution in [0.3, 0.4) is 0 Å². The Bertz CT molecular complexity index is 1250. The van der Waals surface area contributed by atoms with Gasteiger partial charge in [0.15, 0.2) is 0 Å². The van der Waals surface area contributed by atoms with Gasteiger partial charge < -0.3 is 5.32 Å². The van der Waals surface area contributed by atoms with Crippen LogP contribution in [0.15, 0.2) is 58.5 Å². The molecule has 0 aliphatic carbocycles. The number of aromatic nitrogens is 1. The summed E-state index contributed by atoms with van der Waals surface area (Å²) in [5, 5.41) is 4.44. The third-order valence-electron chi connectivity index (χ3n) is 5.72. The molecule has 1 fully saturated rings. The number of hydrogen-bond donors (Lipinski definition) is 1. The maximum atomic E-state index is 12.7. The quantitative estimate of drug-likeness (QED) is 0.527. The number of carbonyl (C=O) groups is 1. The monoisotopic (exact) mass is 469 g/mol. The highest BCUT2D eigenvalue weighted by molar-refractivity contribution is 8.00. The zero-order chi connectivity index (χ0) is 22.9. The smallest absolute Gasteiger partial charge is 0.243 e. The lowest BCUT2D eigenvalue weighted by atomic mass is 10.1. The predicted molar refractivity (Wildman–Crippen MR) is 130 cm³/mol. The molecule has 2 aromatic carbocycles. The summed E-state index contributed by atoms with van der Waals surface area (Å²) in [5.74, 6) is -0.158. The number of rotatable bonds is 6. The van der Waals surface area contributed by atoms with Crippen LogP contribution in [-0.4, -0.2) is 42.0 Å². The molecule has 0 radical (unpaired) electrons. The van der Waals surface area contributed by atoms with Gasteiger partial charge in [-0.25, -0.2) is 13.4 Å². The van der Waals surface area contributed by atoms with Gasteiger partial charge in [-0.15, -0.1) is 0 Å². The standard InChI is InChI=1S/C24H27N3O3S2/c1-16-7-6-8-21-17(2)15-22(26-23(16)21)31-18(3)24(28)25-19-9-11-20(12-10-19)32(29,30)27-13-4-5-14-27/h6-12,15,18H,4-5,13-14H2,1-3H3,(H,25,28). The third kappa shape index (κ3) is 4.67. The van der Waals surface area contributed by atoms with Crippen molar-refractivity contribution in [3.05, 3.63) is 59.7 Å². The van der Waals surface area contributed by atoms with Crippen LogP contribution in [-0.2, 0) is 14.8 Å². The molecular formula is C24H27N3O3S2. The van der Waals surface area contributed by atoms with Gasteiger partial charge in [0.05, 0.1) is 20.7 Å². The second kappa shape index (κ2) is 9.21. The number of carbonyl (C=O) groups excluding carboxylic acids is 1. The van der Waals surface area contributed by atoms with Crippen molar-refractivity contribution < 1.29 is 13.2 Å². The van der Waals surface area contributed by atoms with Gasteiger partial charge in [-0.2, -0.15) is 4.31 Å². The number of nitrogens with one attached hydrogen (secondary N) is 1. The first-order valence-electron chi connectivity index (χ1n) is 10.7. The average molecular weight is 470 g/mol. The molecule has 1 aliphatic rings. The maximum Gasteiger partial charge on any atom is 0.243 e. The highest BCUT2D eigenvalue weighted by Crippen LogP contribution is 2.29. The van der Waals surface area contributed by atoms with E-state index in [-0.39, 0.29) is 16.1 Å². The van der Waals surface area contributed by atoms with E-state index in [4.69, 9.17) is 4.98 Å². The zero-order valence-electron chi connectivity index (χ0n) is 18.5.